The van der Waals surface area contributed by atoms with Gasteiger partial charge in [-0.1, -0.05) is 77.6 Å². The third-order valence-corrected chi connectivity index (χ3v) is 4.03. The number of carbonyl (C=O) groups is 2. The molecule has 0 heterocycles. The van der Waals surface area contributed by atoms with E-state index in [9.17, 15) is 9.59 Å². The molecule has 0 fully saturated rings. The highest BCUT2D eigenvalue weighted by atomic mass is 16.5. The van der Waals surface area contributed by atoms with Crippen LogP contribution in [0.25, 0.3) is 0 Å². The smallest absolute Gasteiger partial charge is 0.305 e. The highest BCUT2D eigenvalue weighted by Gasteiger charge is 2.04. The van der Waals surface area contributed by atoms with Crippen LogP contribution in [-0.2, 0) is 14.3 Å². The highest BCUT2D eigenvalue weighted by Crippen LogP contribution is 2.12. The van der Waals surface area contributed by atoms with Crippen molar-refractivity contribution in [2.24, 2.45) is 0 Å². The number of unbranched alkanes of at least 4 members (excludes halogenated alkanes) is 11. The average Bonchev–Trinajstić information content (AvgIpc) is 2.51. The molecule has 4 heteroatoms. The highest BCUT2D eigenvalue weighted by molar-refractivity contribution is 5.71. The maximum Gasteiger partial charge on any atom is 0.305 e. The number of rotatable bonds is 17. The summed E-state index contributed by atoms with van der Waals surface area (Å²) < 4.78 is 5.08. The number of carboxylic acids is 1. The van der Waals surface area contributed by atoms with Crippen LogP contribution < -0.4 is 0 Å². The van der Waals surface area contributed by atoms with Crippen LogP contribution in [0.3, 0.4) is 0 Å². The minimum Gasteiger partial charge on any atom is -0.481 e. The third kappa shape index (κ3) is 18.9. The molecule has 0 aromatic heterocycles. The molecule has 0 aliphatic rings. The molecule has 136 valence electrons. The van der Waals surface area contributed by atoms with Crippen molar-refractivity contribution in [2.75, 3.05) is 6.61 Å². The molecule has 0 spiro atoms. The van der Waals surface area contributed by atoms with Crippen molar-refractivity contribution in [1.82, 2.24) is 0 Å². The Morgan fingerprint density at radius 2 is 1.17 bits per heavy atom. The molecular formula is C19H36O4. The van der Waals surface area contributed by atoms with Gasteiger partial charge < -0.3 is 9.84 Å². The molecule has 4 nitrogen and oxygen atoms in total. The van der Waals surface area contributed by atoms with E-state index in [0.717, 1.165) is 12.8 Å². The molecule has 23 heavy (non-hydrogen) atoms. The molecule has 0 saturated heterocycles. The van der Waals surface area contributed by atoms with E-state index in [1.165, 1.54) is 64.2 Å². The zero-order valence-corrected chi connectivity index (χ0v) is 15.0. The minimum atomic E-state index is -0.862. The van der Waals surface area contributed by atoms with E-state index >= 15 is 0 Å². The molecule has 1 N–H and O–H groups in total. The second-order valence-electron chi connectivity index (χ2n) is 6.36. The normalized spacial score (nSPS) is 10.7. The Hall–Kier alpha value is -1.06. The van der Waals surface area contributed by atoms with Crippen LogP contribution >= 0.6 is 0 Å². The van der Waals surface area contributed by atoms with Gasteiger partial charge in [0.2, 0.25) is 0 Å². The van der Waals surface area contributed by atoms with Gasteiger partial charge in [-0.2, -0.15) is 0 Å². The fourth-order valence-corrected chi connectivity index (χ4v) is 2.59. The van der Waals surface area contributed by atoms with Gasteiger partial charge in [0.05, 0.1) is 6.61 Å². The van der Waals surface area contributed by atoms with Crippen molar-refractivity contribution in [2.45, 2.75) is 103 Å². The largest absolute Gasteiger partial charge is 0.481 e. The number of aliphatic carboxylic acids is 1. The summed E-state index contributed by atoms with van der Waals surface area (Å²) in [6.07, 6.45) is 16.1. The first-order valence-electron chi connectivity index (χ1n) is 9.54. The first kappa shape index (κ1) is 21.9. The number of ether oxygens (including phenoxy) is 1. The number of esters is 1. The molecule has 0 radical (unpaired) electrons. The SMILES string of the molecule is CCCCCCCCCCCCCCOC(=O)CCCC(=O)O. The van der Waals surface area contributed by atoms with Gasteiger partial charge in [-0.15, -0.1) is 0 Å². The van der Waals surface area contributed by atoms with Gasteiger partial charge in [-0.05, 0) is 12.8 Å². The first-order valence-corrected chi connectivity index (χ1v) is 9.54. The average molecular weight is 328 g/mol. The van der Waals surface area contributed by atoms with Gasteiger partial charge in [-0.25, -0.2) is 0 Å². The number of carbonyl (C=O) groups excluding carboxylic acids is 1. The minimum absolute atomic E-state index is 0.0354. The topological polar surface area (TPSA) is 63.6 Å². The van der Waals surface area contributed by atoms with Crippen LogP contribution in [0.4, 0.5) is 0 Å². The molecule has 0 amide bonds. The quantitative estimate of drug-likeness (QED) is 0.283. The lowest BCUT2D eigenvalue weighted by molar-refractivity contribution is -0.144. The van der Waals surface area contributed by atoms with Crippen molar-refractivity contribution < 1.29 is 19.4 Å². The van der Waals surface area contributed by atoms with Gasteiger partial charge in [0, 0.05) is 12.8 Å². The van der Waals surface area contributed by atoms with Crippen molar-refractivity contribution in [3.8, 4) is 0 Å². The Morgan fingerprint density at radius 3 is 1.65 bits per heavy atom. The summed E-state index contributed by atoms with van der Waals surface area (Å²) in [6.45, 7) is 2.73. The van der Waals surface area contributed by atoms with Crippen LogP contribution in [0.2, 0.25) is 0 Å². The summed E-state index contributed by atoms with van der Waals surface area (Å²) in [4.78, 5) is 21.6. The number of carboxylic acid groups (broad SMARTS) is 1. The molecular weight excluding hydrogens is 292 g/mol. The molecule has 0 aliphatic heterocycles. The summed E-state index contributed by atoms with van der Waals surface area (Å²) in [5.74, 6) is -1.13. The van der Waals surface area contributed by atoms with Gasteiger partial charge in [0.1, 0.15) is 0 Å². The van der Waals surface area contributed by atoms with Crippen LogP contribution in [0.15, 0.2) is 0 Å². The maximum absolute atomic E-state index is 11.3. The predicted molar refractivity (Wildman–Crippen MR) is 93.5 cm³/mol. The van der Waals surface area contributed by atoms with Gasteiger partial charge in [0.25, 0.3) is 0 Å². The van der Waals surface area contributed by atoms with Gasteiger partial charge >= 0.3 is 11.9 Å². The van der Waals surface area contributed by atoms with E-state index in [-0.39, 0.29) is 18.8 Å². The molecule has 0 bridgehead atoms. The molecule has 0 unspecified atom stereocenters. The van der Waals surface area contributed by atoms with Crippen molar-refractivity contribution >= 4 is 11.9 Å². The number of hydrogen-bond donors (Lipinski definition) is 1. The van der Waals surface area contributed by atoms with Gasteiger partial charge in [-0.3, -0.25) is 9.59 Å². The first-order chi connectivity index (χ1) is 11.2. The fraction of sp³-hybridized carbons (Fsp3) is 0.895. The Labute approximate surface area is 142 Å². The van der Waals surface area contributed by atoms with Crippen LogP contribution in [0.5, 0.6) is 0 Å². The summed E-state index contributed by atoms with van der Waals surface area (Å²) in [5, 5.41) is 8.47. The van der Waals surface area contributed by atoms with E-state index < -0.39 is 5.97 Å². The molecule has 0 rings (SSSR count). The molecule has 0 aromatic rings. The van der Waals surface area contributed by atoms with Crippen LogP contribution in [-0.4, -0.2) is 23.7 Å². The molecule has 0 aliphatic carbocycles. The van der Waals surface area contributed by atoms with Crippen LogP contribution in [0.1, 0.15) is 103 Å². The Bertz CT molecular complexity index is 289. The van der Waals surface area contributed by atoms with Crippen LogP contribution in [0, 0.1) is 0 Å². The van der Waals surface area contributed by atoms with E-state index in [2.05, 4.69) is 6.92 Å². The molecule has 0 saturated carbocycles. The summed E-state index contributed by atoms with van der Waals surface area (Å²) in [7, 11) is 0. The van der Waals surface area contributed by atoms with Crippen molar-refractivity contribution in [3.05, 3.63) is 0 Å². The lowest BCUT2D eigenvalue weighted by Crippen LogP contribution is -2.06. The predicted octanol–water partition coefficient (Wildman–Crippen LogP) is 5.49. The lowest BCUT2D eigenvalue weighted by Gasteiger charge is -2.05. The zero-order valence-electron chi connectivity index (χ0n) is 15.0. The summed E-state index contributed by atoms with van der Waals surface area (Å²) >= 11 is 0. The lowest BCUT2D eigenvalue weighted by atomic mass is 10.1. The second kappa shape index (κ2) is 17.3. The Kier molecular flexibility index (Phi) is 16.5. The Morgan fingerprint density at radius 1 is 0.696 bits per heavy atom. The standard InChI is InChI=1S/C19H36O4/c1-2-3-4-5-6-7-8-9-10-11-12-13-17-23-19(22)16-14-15-18(20)21/h2-17H2,1H3,(H,20,21). The van der Waals surface area contributed by atoms with Crippen molar-refractivity contribution in [1.29, 1.82) is 0 Å². The number of hydrogen-bond acceptors (Lipinski definition) is 3. The molecule has 0 aromatic carbocycles. The monoisotopic (exact) mass is 328 g/mol. The summed E-state index contributed by atoms with van der Waals surface area (Å²) in [5.41, 5.74) is 0. The van der Waals surface area contributed by atoms with Crippen molar-refractivity contribution in [3.63, 3.8) is 0 Å². The van der Waals surface area contributed by atoms with E-state index in [4.69, 9.17) is 9.84 Å². The zero-order chi connectivity index (χ0) is 17.2. The van der Waals surface area contributed by atoms with Gasteiger partial charge in [0.15, 0.2) is 0 Å². The maximum atomic E-state index is 11.3. The fourth-order valence-electron chi connectivity index (χ4n) is 2.59. The molecule has 0 atom stereocenters. The second-order valence-corrected chi connectivity index (χ2v) is 6.36. The Balaban J connectivity index is 3.12. The summed E-state index contributed by atoms with van der Waals surface area (Å²) in [6, 6.07) is 0. The van der Waals surface area contributed by atoms with E-state index in [1.807, 2.05) is 0 Å². The third-order valence-electron chi connectivity index (χ3n) is 4.03. The van der Waals surface area contributed by atoms with E-state index in [0.29, 0.717) is 13.0 Å². The van der Waals surface area contributed by atoms with E-state index in [1.54, 1.807) is 0 Å².